The molecule has 1 nitrogen and oxygen atoms in total. The molecular formula is C16H19N. The molecule has 0 aliphatic carbocycles. The van der Waals surface area contributed by atoms with Gasteiger partial charge in [0.05, 0.1) is 5.69 Å². The number of aromatic nitrogens is 1. The van der Waals surface area contributed by atoms with Gasteiger partial charge in [0.15, 0.2) is 0 Å². The highest BCUT2D eigenvalue weighted by atomic mass is 14.7. The molecule has 1 heterocycles. The van der Waals surface area contributed by atoms with Crippen LogP contribution in [0.2, 0.25) is 0 Å². The summed E-state index contributed by atoms with van der Waals surface area (Å²) in [5.41, 5.74) is 5.01. The molecular weight excluding hydrogens is 206 g/mol. The van der Waals surface area contributed by atoms with Gasteiger partial charge in [0.25, 0.3) is 0 Å². The molecule has 1 heteroatoms. The molecule has 2 aromatic rings. The smallest absolute Gasteiger partial charge is 0.0704 e. The Kier molecular flexibility index (Phi) is 3.58. The van der Waals surface area contributed by atoms with Gasteiger partial charge < -0.3 is 0 Å². The molecule has 0 fully saturated rings. The summed E-state index contributed by atoms with van der Waals surface area (Å²) < 4.78 is 0. The number of benzene rings is 1. The first-order chi connectivity index (χ1) is 8.16. The van der Waals surface area contributed by atoms with E-state index in [1.54, 1.807) is 0 Å². The van der Waals surface area contributed by atoms with Gasteiger partial charge in [-0.15, -0.1) is 0 Å². The summed E-state index contributed by atoms with van der Waals surface area (Å²) >= 11 is 0. The number of rotatable bonds is 3. The maximum absolute atomic E-state index is 4.40. The fraction of sp³-hybridized carbons (Fsp3) is 0.312. The van der Waals surface area contributed by atoms with E-state index < -0.39 is 0 Å². The Morgan fingerprint density at radius 2 is 1.94 bits per heavy atom. The molecule has 0 atom stereocenters. The standard InChI is InChI=1S/C16H19N/c1-12(2)10-14-7-8-15(13(3)11-14)16-6-4-5-9-17-16/h4-9,11-12H,10H2,1-3H3. The summed E-state index contributed by atoms with van der Waals surface area (Å²) in [5, 5.41) is 0. The quantitative estimate of drug-likeness (QED) is 0.760. The van der Waals surface area contributed by atoms with Crippen LogP contribution in [0.3, 0.4) is 0 Å². The fourth-order valence-electron chi connectivity index (χ4n) is 2.13. The zero-order chi connectivity index (χ0) is 12.3. The Labute approximate surface area is 104 Å². The number of hydrogen-bond donors (Lipinski definition) is 0. The maximum atomic E-state index is 4.40. The Hall–Kier alpha value is -1.63. The van der Waals surface area contributed by atoms with Crippen LogP contribution in [0.4, 0.5) is 0 Å². The predicted molar refractivity (Wildman–Crippen MR) is 73.0 cm³/mol. The number of pyridine rings is 1. The zero-order valence-electron chi connectivity index (χ0n) is 10.8. The summed E-state index contributed by atoms with van der Waals surface area (Å²) in [6, 6.07) is 12.7. The van der Waals surface area contributed by atoms with Crippen molar-refractivity contribution in [3.8, 4) is 11.3 Å². The summed E-state index contributed by atoms with van der Waals surface area (Å²) in [4.78, 5) is 4.40. The van der Waals surface area contributed by atoms with Crippen LogP contribution in [0.5, 0.6) is 0 Å². The van der Waals surface area contributed by atoms with Crippen LogP contribution in [0, 0.1) is 12.8 Å². The van der Waals surface area contributed by atoms with E-state index in [-0.39, 0.29) is 0 Å². The third kappa shape index (κ3) is 2.94. The molecule has 0 spiro atoms. The third-order valence-electron chi connectivity index (χ3n) is 2.88. The van der Waals surface area contributed by atoms with E-state index in [1.807, 2.05) is 18.3 Å². The highest BCUT2D eigenvalue weighted by Gasteiger charge is 2.04. The summed E-state index contributed by atoms with van der Waals surface area (Å²) in [6.45, 7) is 6.66. The van der Waals surface area contributed by atoms with E-state index in [0.717, 1.165) is 12.1 Å². The molecule has 0 bridgehead atoms. The average molecular weight is 225 g/mol. The number of hydrogen-bond acceptors (Lipinski definition) is 1. The topological polar surface area (TPSA) is 12.9 Å². The predicted octanol–water partition coefficient (Wildman–Crippen LogP) is 4.26. The van der Waals surface area contributed by atoms with E-state index in [1.165, 1.54) is 16.7 Å². The maximum Gasteiger partial charge on any atom is 0.0704 e. The van der Waals surface area contributed by atoms with Gasteiger partial charge >= 0.3 is 0 Å². The molecule has 0 aliphatic heterocycles. The fourth-order valence-corrected chi connectivity index (χ4v) is 2.13. The van der Waals surface area contributed by atoms with Gasteiger partial charge in [0.2, 0.25) is 0 Å². The largest absolute Gasteiger partial charge is 0.256 e. The van der Waals surface area contributed by atoms with Crippen molar-refractivity contribution >= 4 is 0 Å². The van der Waals surface area contributed by atoms with Crippen molar-refractivity contribution in [3.63, 3.8) is 0 Å². The van der Waals surface area contributed by atoms with Crippen LogP contribution in [-0.2, 0) is 6.42 Å². The van der Waals surface area contributed by atoms with Crippen LogP contribution < -0.4 is 0 Å². The van der Waals surface area contributed by atoms with Crippen LogP contribution in [0.15, 0.2) is 42.6 Å². The van der Waals surface area contributed by atoms with Gasteiger partial charge in [-0.25, -0.2) is 0 Å². The highest BCUT2D eigenvalue weighted by molar-refractivity contribution is 5.63. The van der Waals surface area contributed by atoms with Crippen molar-refractivity contribution < 1.29 is 0 Å². The normalized spacial score (nSPS) is 10.8. The molecule has 1 aromatic heterocycles. The minimum Gasteiger partial charge on any atom is -0.256 e. The van der Waals surface area contributed by atoms with Gasteiger partial charge in [-0.3, -0.25) is 4.98 Å². The molecule has 2 rings (SSSR count). The molecule has 0 unspecified atom stereocenters. The lowest BCUT2D eigenvalue weighted by molar-refractivity contribution is 0.647. The monoisotopic (exact) mass is 225 g/mol. The molecule has 88 valence electrons. The second-order valence-corrected chi connectivity index (χ2v) is 4.96. The molecule has 0 radical (unpaired) electrons. The second-order valence-electron chi connectivity index (χ2n) is 4.96. The van der Waals surface area contributed by atoms with E-state index in [0.29, 0.717) is 5.92 Å². The molecule has 17 heavy (non-hydrogen) atoms. The molecule has 1 aromatic carbocycles. The lowest BCUT2D eigenvalue weighted by Gasteiger charge is -2.09. The number of nitrogens with zero attached hydrogens (tertiary/aromatic N) is 1. The van der Waals surface area contributed by atoms with Gasteiger partial charge in [-0.05, 0) is 42.5 Å². The zero-order valence-corrected chi connectivity index (χ0v) is 10.8. The Bertz CT molecular complexity index is 486. The minimum absolute atomic E-state index is 0.704. The SMILES string of the molecule is Cc1cc(CC(C)C)ccc1-c1ccccn1. The average Bonchev–Trinajstić information content (AvgIpc) is 2.29. The van der Waals surface area contributed by atoms with Crippen LogP contribution in [0.1, 0.15) is 25.0 Å². The first-order valence-electron chi connectivity index (χ1n) is 6.18. The van der Waals surface area contributed by atoms with E-state index in [2.05, 4.69) is 50.0 Å². The molecule has 0 saturated carbocycles. The van der Waals surface area contributed by atoms with Crippen molar-refractivity contribution in [1.29, 1.82) is 0 Å². The van der Waals surface area contributed by atoms with E-state index >= 15 is 0 Å². The lowest BCUT2D eigenvalue weighted by Crippen LogP contribution is -1.95. The van der Waals surface area contributed by atoms with Gasteiger partial charge in [-0.1, -0.05) is 38.1 Å². The van der Waals surface area contributed by atoms with Crippen LogP contribution in [-0.4, -0.2) is 4.98 Å². The van der Waals surface area contributed by atoms with E-state index in [9.17, 15) is 0 Å². The lowest BCUT2D eigenvalue weighted by atomic mass is 9.97. The number of aryl methyl sites for hydroxylation is 1. The molecule has 0 saturated heterocycles. The van der Waals surface area contributed by atoms with Gasteiger partial charge in [-0.2, -0.15) is 0 Å². The Balaban J connectivity index is 2.32. The summed E-state index contributed by atoms with van der Waals surface area (Å²) in [5.74, 6) is 0.704. The van der Waals surface area contributed by atoms with Crippen LogP contribution in [0.25, 0.3) is 11.3 Å². The van der Waals surface area contributed by atoms with Crippen molar-refractivity contribution in [1.82, 2.24) is 4.98 Å². The van der Waals surface area contributed by atoms with Crippen molar-refractivity contribution in [2.45, 2.75) is 27.2 Å². The Morgan fingerprint density at radius 1 is 1.12 bits per heavy atom. The van der Waals surface area contributed by atoms with Crippen molar-refractivity contribution in [2.75, 3.05) is 0 Å². The highest BCUT2D eigenvalue weighted by Crippen LogP contribution is 2.23. The first-order valence-corrected chi connectivity index (χ1v) is 6.18. The first kappa shape index (κ1) is 11.8. The summed E-state index contributed by atoms with van der Waals surface area (Å²) in [7, 11) is 0. The second kappa shape index (κ2) is 5.13. The molecule has 0 amide bonds. The minimum atomic E-state index is 0.704. The summed E-state index contributed by atoms with van der Waals surface area (Å²) in [6.07, 6.45) is 2.99. The van der Waals surface area contributed by atoms with Crippen molar-refractivity contribution in [2.24, 2.45) is 5.92 Å². The third-order valence-corrected chi connectivity index (χ3v) is 2.88. The van der Waals surface area contributed by atoms with Gasteiger partial charge in [0.1, 0.15) is 0 Å². The molecule has 0 aliphatic rings. The molecule has 0 N–H and O–H groups in total. The van der Waals surface area contributed by atoms with Gasteiger partial charge in [0, 0.05) is 11.8 Å². The van der Waals surface area contributed by atoms with Crippen molar-refractivity contribution in [3.05, 3.63) is 53.7 Å². The Morgan fingerprint density at radius 3 is 2.53 bits per heavy atom. The van der Waals surface area contributed by atoms with E-state index in [4.69, 9.17) is 0 Å². The van der Waals surface area contributed by atoms with Crippen LogP contribution >= 0.6 is 0 Å².